The quantitative estimate of drug-likeness (QED) is 0.492. The van der Waals surface area contributed by atoms with Crippen molar-refractivity contribution in [3.63, 3.8) is 0 Å². The zero-order valence-electron chi connectivity index (χ0n) is 13.5. The number of benzene rings is 2. The molecule has 0 unspecified atom stereocenters. The number of esters is 1. The first-order chi connectivity index (χ1) is 11.8. The molecule has 0 spiro atoms. The Labute approximate surface area is 148 Å². The fraction of sp³-hybridized carbons (Fsp3) is 0.176. The summed E-state index contributed by atoms with van der Waals surface area (Å²) < 4.78 is 4.90. The number of amides is 1. The Bertz CT molecular complexity index is 851. The molecule has 25 heavy (non-hydrogen) atoms. The van der Waals surface area contributed by atoms with Crippen LogP contribution in [0, 0.1) is 17.0 Å². The molecule has 0 aliphatic heterocycles. The van der Waals surface area contributed by atoms with E-state index < -0.39 is 16.8 Å². The lowest BCUT2D eigenvalue weighted by atomic mass is 10.1. The Morgan fingerprint density at radius 1 is 1.24 bits per heavy atom. The lowest BCUT2D eigenvalue weighted by Gasteiger charge is -2.09. The third-order valence-corrected chi connectivity index (χ3v) is 3.70. The molecule has 0 heterocycles. The summed E-state index contributed by atoms with van der Waals surface area (Å²) >= 11 is 5.97. The number of ether oxygens (including phenoxy) is 1. The van der Waals surface area contributed by atoms with Crippen LogP contribution in [0.25, 0.3) is 0 Å². The molecule has 0 fully saturated rings. The molecule has 0 radical (unpaired) electrons. The van der Waals surface area contributed by atoms with Gasteiger partial charge in [0.1, 0.15) is 0 Å². The van der Waals surface area contributed by atoms with Crippen molar-refractivity contribution in [3.05, 3.63) is 68.2 Å². The highest BCUT2D eigenvalue weighted by Crippen LogP contribution is 2.23. The number of carbonyl (C=O) groups is 2. The first-order valence-corrected chi connectivity index (χ1v) is 7.74. The molecule has 7 nitrogen and oxygen atoms in total. The number of nitro groups is 1. The minimum atomic E-state index is -0.588. The highest BCUT2D eigenvalue weighted by Gasteiger charge is 2.16. The molecule has 0 bridgehead atoms. The molecule has 0 saturated heterocycles. The predicted octanol–water partition coefficient (Wildman–Crippen LogP) is 3.99. The van der Waals surface area contributed by atoms with E-state index in [0.717, 1.165) is 0 Å². The van der Waals surface area contributed by atoms with Gasteiger partial charge in [0.05, 0.1) is 22.1 Å². The predicted molar refractivity (Wildman–Crippen MR) is 93.2 cm³/mol. The number of rotatable bonds is 5. The van der Waals surface area contributed by atoms with E-state index in [2.05, 4.69) is 5.32 Å². The Kier molecular flexibility index (Phi) is 5.71. The fourth-order valence-corrected chi connectivity index (χ4v) is 2.37. The maximum Gasteiger partial charge on any atom is 0.339 e. The first kappa shape index (κ1) is 18.4. The van der Waals surface area contributed by atoms with Gasteiger partial charge in [-0.15, -0.1) is 0 Å². The van der Waals surface area contributed by atoms with Gasteiger partial charge in [-0.2, -0.15) is 0 Å². The number of hydrogen-bond donors (Lipinski definition) is 1. The van der Waals surface area contributed by atoms with Gasteiger partial charge >= 0.3 is 5.97 Å². The van der Waals surface area contributed by atoms with Gasteiger partial charge in [-0.3, -0.25) is 14.9 Å². The molecule has 1 N–H and O–H groups in total. The van der Waals surface area contributed by atoms with E-state index in [1.165, 1.54) is 30.3 Å². The zero-order chi connectivity index (χ0) is 18.6. The van der Waals surface area contributed by atoms with Crippen molar-refractivity contribution in [1.29, 1.82) is 0 Å². The molecule has 0 saturated carbocycles. The number of anilines is 1. The summed E-state index contributed by atoms with van der Waals surface area (Å²) in [6.45, 7) is 3.43. The van der Waals surface area contributed by atoms with Crippen LogP contribution in [0.1, 0.15) is 33.2 Å². The van der Waals surface area contributed by atoms with Crippen LogP contribution in [0.5, 0.6) is 0 Å². The largest absolute Gasteiger partial charge is 0.462 e. The fourth-order valence-electron chi connectivity index (χ4n) is 2.17. The molecule has 0 aliphatic carbocycles. The number of nitrogens with zero attached hydrogens (tertiary/aromatic N) is 1. The maximum atomic E-state index is 12.3. The van der Waals surface area contributed by atoms with Gasteiger partial charge in [0.25, 0.3) is 11.6 Å². The average molecular weight is 363 g/mol. The van der Waals surface area contributed by atoms with Gasteiger partial charge in [-0.1, -0.05) is 11.6 Å². The minimum Gasteiger partial charge on any atom is -0.462 e. The van der Waals surface area contributed by atoms with Gasteiger partial charge in [0, 0.05) is 22.9 Å². The van der Waals surface area contributed by atoms with E-state index >= 15 is 0 Å². The van der Waals surface area contributed by atoms with Crippen molar-refractivity contribution >= 4 is 34.9 Å². The van der Waals surface area contributed by atoms with Crippen LogP contribution in [0.3, 0.4) is 0 Å². The Morgan fingerprint density at radius 2 is 1.96 bits per heavy atom. The van der Waals surface area contributed by atoms with Crippen LogP contribution in [0.4, 0.5) is 11.4 Å². The van der Waals surface area contributed by atoms with Crippen molar-refractivity contribution in [1.82, 2.24) is 0 Å². The highest BCUT2D eigenvalue weighted by atomic mass is 35.5. The zero-order valence-corrected chi connectivity index (χ0v) is 14.3. The summed E-state index contributed by atoms with van der Waals surface area (Å²) in [6.07, 6.45) is 0. The molecule has 130 valence electrons. The van der Waals surface area contributed by atoms with E-state index in [4.69, 9.17) is 16.3 Å². The van der Waals surface area contributed by atoms with Gasteiger partial charge < -0.3 is 10.1 Å². The van der Waals surface area contributed by atoms with Crippen LogP contribution in [0.15, 0.2) is 36.4 Å². The number of aryl methyl sites for hydroxylation is 1. The van der Waals surface area contributed by atoms with Crippen molar-refractivity contribution in [2.75, 3.05) is 11.9 Å². The first-order valence-electron chi connectivity index (χ1n) is 7.36. The number of nitro benzene ring substituents is 1. The van der Waals surface area contributed by atoms with Gasteiger partial charge in [-0.25, -0.2) is 4.79 Å². The molecule has 8 heteroatoms. The summed E-state index contributed by atoms with van der Waals surface area (Å²) in [7, 11) is 0. The van der Waals surface area contributed by atoms with Crippen molar-refractivity contribution in [3.8, 4) is 0 Å². The summed E-state index contributed by atoms with van der Waals surface area (Å²) in [4.78, 5) is 34.5. The van der Waals surface area contributed by atoms with Gasteiger partial charge in [0.15, 0.2) is 0 Å². The van der Waals surface area contributed by atoms with E-state index in [-0.39, 0.29) is 28.4 Å². The van der Waals surface area contributed by atoms with E-state index in [1.54, 1.807) is 19.9 Å². The summed E-state index contributed by atoms with van der Waals surface area (Å²) in [5, 5.41) is 13.7. The molecule has 2 rings (SSSR count). The lowest BCUT2D eigenvalue weighted by Crippen LogP contribution is -2.13. The number of carbonyl (C=O) groups excluding carboxylic acids is 2. The second kappa shape index (κ2) is 7.76. The van der Waals surface area contributed by atoms with Gasteiger partial charge in [-0.05, 0) is 44.2 Å². The lowest BCUT2D eigenvalue weighted by molar-refractivity contribution is -0.385. The smallest absolute Gasteiger partial charge is 0.339 e. The van der Waals surface area contributed by atoms with E-state index in [0.29, 0.717) is 11.3 Å². The van der Waals surface area contributed by atoms with E-state index in [1.807, 2.05) is 0 Å². The van der Waals surface area contributed by atoms with Crippen LogP contribution < -0.4 is 5.32 Å². The topological polar surface area (TPSA) is 98.5 Å². The van der Waals surface area contributed by atoms with Crippen molar-refractivity contribution in [2.24, 2.45) is 0 Å². The van der Waals surface area contributed by atoms with E-state index in [9.17, 15) is 19.7 Å². The summed E-state index contributed by atoms with van der Waals surface area (Å²) in [5.41, 5.74) is 1.07. The van der Waals surface area contributed by atoms with Crippen LogP contribution in [0.2, 0.25) is 5.02 Å². The summed E-state index contributed by atoms with van der Waals surface area (Å²) in [6, 6.07) is 8.50. The normalized spacial score (nSPS) is 10.2. The van der Waals surface area contributed by atoms with Crippen LogP contribution in [-0.2, 0) is 4.74 Å². The second-order valence-electron chi connectivity index (χ2n) is 5.13. The monoisotopic (exact) mass is 362 g/mol. The highest BCUT2D eigenvalue weighted by molar-refractivity contribution is 6.33. The standard InChI is InChI=1S/C17H15ClN2O5/c1-3-25-17(22)13-9-12(5-6-14(13)18)19-16(21)11-4-7-15(20(23)24)10(2)8-11/h4-9H,3H2,1-2H3,(H,19,21). The van der Waals surface area contributed by atoms with Gasteiger partial charge in [0.2, 0.25) is 0 Å². The molecule has 0 aromatic heterocycles. The average Bonchev–Trinajstić information content (AvgIpc) is 2.56. The number of halogens is 1. The SMILES string of the molecule is CCOC(=O)c1cc(NC(=O)c2ccc([N+](=O)[O-])c(C)c2)ccc1Cl. The molecule has 2 aromatic rings. The van der Waals surface area contributed by atoms with Crippen molar-refractivity contribution < 1.29 is 19.2 Å². The number of nitrogens with one attached hydrogen (secondary N) is 1. The molecule has 2 aromatic carbocycles. The summed E-state index contributed by atoms with van der Waals surface area (Å²) in [5.74, 6) is -1.05. The molecular weight excluding hydrogens is 348 g/mol. The minimum absolute atomic E-state index is 0.0624. The third-order valence-electron chi connectivity index (χ3n) is 3.38. The Balaban J connectivity index is 2.23. The number of hydrogen-bond acceptors (Lipinski definition) is 5. The molecule has 0 aliphatic rings. The van der Waals surface area contributed by atoms with Crippen molar-refractivity contribution in [2.45, 2.75) is 13.8 Å². The second-order valence-corrected chi connectivity index (χ2v) is 5.53. The molecule has 0 atom stereocenters. The third kappa shape index (κ3) is 4.33. The molecular formula is C17H15ClN2O5. The van der Waals surface area contributed by atoms with Crippen LogP contribution in [-0.4, -0.2) is 23.4 Å². The Morgan fingerprint density at radius 3 is 2.56 bits per heavy atom. The van der Waals surface area contributed by atoms with Crippen LogP contribution >= 0.6 is 11.6 Å². The Hall–Kier alpha value is -2.93. The maximum absolute atomic E-state index is 12.3. The molecule has 1 amide bonds.